The van der Waals surface area contributed by atoms with Crippen molar-refractivity contribution in [2.24, 2.45) is 0 Å². The van der Waals surface area contributed by atoms with Gasteiger partial charge in [-0.25, -0.2) is 4.98 Å². The van der Waals surface area contributed by atoms with Gasteiger partial charge in [0.05, 0.1) is 29.0 Å². The smallest absolute Gasteiger partial charge is 0.224 e. The quantitative estimate of drug-likeness (QED) is 0.614. The highest BCUT2D eigenvalue weighted by atomic mass is 35.5. The number of nitrogens with zero attached hydrogens (tertiary/aromatic N) is 3. The van der Waals surface area contributed by atoms with Crippen molar-refractivity contribution in [1.82, 2.24) is 15.3 Å². The van der Waals surface area contributed by atoms with Gasteiger partial charge in [0, 0.05) is 18.0 Å². The second kappa shape index (κ2) is 10.6. The fourth-order valence-corrected chi connectivity index (χ4v) is 3.75. The number of halogens is 1. The molecule has 1 saturated heterocycles. The van der Waals surface area contributed by atoms with Crippen LogP contribution in [0.25, 0.3) is 10.2 Å². The first kappa shape index (κ1) is 22.6. The van der Waals surface area contributed by atoms with Crippen molar-refractivity contribution in [2.75, 3.05) is 31.2 Å². The Bertz CT molecular complexity index is 700. The zero-order valence-electron chi connectivity index (χ0n) is 16.4. The number of hydrogen-bond donors (Lipinski definition) is 1. The Labute approximate surface area is 164 Å². The molecule has 1 fully saturated rings. The van der Waals surface area contributed by atoms with E-state index in [0.29, 0.717) is 19.6 Å². The van der Waals surface area contributed by atoms with E-state index in [1.54, 1.807) is 11.3 Å². The van der Waals surface area contributed by atoms with E-state index < -0.39 is 5.54 Å². The van der Waals surface area contributed by atoms with E-state index >= 15 is 0 Å². The third-order valence-corrected chi connectivity index (χ3v) is 5.29. The molecule has 26 heavy (non-hydrogen) atoms. The summed E-state index contributed by atoms with van der Waals surface area (Å²) in [5.41, 5.74) is 0.351. The highest BCUT2D eigenvalue weighted by molar-refractivity contribution is 7.19. The molecule has 0 saturated carbocycles. The minimum absolute atomic E-state index is 0.236. The van der Waals surface area contributed by atoms with Gasteiger partial charge >= 0.3 is 0 Å². The number of anilines is 1. The molecule has 0 spiro atoms. The molecule has 0 unspecified atom stereocenters. The van der Waals surface area contributed by atoms with Crippen LogP contribution in [-0.4, -0.2) is 42.7 Å². The van der Waals surface area contributed by atoms with E-state index in [4.69, 9.17) is 16.3 Å². The van der Waals surface area contributed by atoms with Crippen LogP contribution in [0.2, 0.25) is 5.28 Å². The summed E-state index contributed by atoms with van der Waals surface area (Å²) in [5.74, 6) is 0.844. The molecular weight excluding hydrogens is 372 g/mol. The minimum Gasteiger partial charge on any atom is -0.378 e. The van der Waals surface area contributed by atoms with E-state index in [1.807, 2.05) is 47.6 Å². The van der Waals surface area contributed by atoms with Crippen LogP contribution in [0.1, 0.15) is 46.4 Å². The highest BCUT2D eigenvalue weighted by Gasteiger charge is 2.25. The van der Waals surface area contributed by atoms with Crippen molar-refractivity contribution in [3.63, 3.8) is 0 Å². The molecule has 0 atom stereocenters. The molecule has 0 aliphatic carbocycles. The maximum absolute atomic E-state index is 10.8. The Morgan fingerprint density at radius 3 is 2.42 bits per heavy atom. The molecule has 2 aromatic heterocycles. The minimum atomic E-state index is -0.456. The maximum atomic E-state index is 10.8. The zero-order chi connectivity index (χ0) is 19.7. The molecule has 146 valence electrons. The van der Waals surface area contributed by atoms with Crippen molar-refractivity contribution in [3.8, 4) is 0 Å². The first-order valence-corrected chi connectivity index (χ1v) is 10.2. The zero-order valence-corrected chi connectivity index (χ0v) is 18.0. The first-order valence-electron chi connectivity index (χ1n) is 9.03. The molecule has 6 nitrogen and oxygen atoms in total. The van der Waals surface area contributed by atoms with E-state index in [-0.39, 0.29) is 5.28 Å². The largest absolute Gasteiger partial charge is 0.378 e. The lowest BCUT2D eigenvalue weighted by Gasteiger charge is -2.28. The number of rotatable bonds is 4. The van der Waals surface area contributed by atoms with E-state index in [2.05, 4.69) is 20.2 Å². The fourth-order valence-electron chi connectivity index (χ4n) is 2.40. The van der Waals surface area contributed by atoms with Crippen molar-refractivity contribution >= 4 is 45.4 Å². The lowest BCUT2D eigenvalue weighted by Crippen LogP contribution is -2.36. The molecule has 2 aromatic rings. The molecule has 0 aromatic carbocycles. The van der Waals surface area contributed by atoms with Crippen LogP contribution in [0, 0.1) is 0 Å². The first-order chi connectivity index (χ1) is 12.5. The fraction of sp³-hybridized carbons (Fsp3) is 0.611. The van der Waals surface area contributed by atoms with Crippen LogP contribution in [-0.2, 0) is 15.1 Å². The SMILES string of the molecule is CC.CC.CC(C)(NC=O)c1cc2nc(Cl)nc(N3CCOCC3)c2s1. The second-order valence-corrected chi connectivity index (χ2v) is 7.02. The predicted octanol–water partition coefficient (Wildman–Crippen LogP) is 4.21. The summed E-state index contributed by atoms with van der Waals surface area (Å²) in [6.07, 6.45) is 0.714. The number of morpholine rings is 1. The monoisotopic (exact) mass is 400 g/mol. The van der Waals surface area contributed by atoms with Crippen LogP contribution in [0.4, 0.5) is 5.82 Å². The van der Waals surface area contributed by atoms with Crippen LogP contribution in [0.5, 0.6) is 0 Å². The van der Waals surface area contributed by atoms with E-state index in [1.165, 1.54) is 0 Å². The molecule has 1 aliphatic rings. The molecule has 8 heteroatoms. The standard InChI is InChI=1S/C14H17ClN4O2S.2C2H6/c1-14(2,16-8-20)10-7-9-11(22-10)12(18-13(15)17-9)19-3-5-21-6-4-19;2*1-2/h7-8H,3-6H2,1-2H3,(H,16,20);2*1-2H3. The van der Waals surface area contributed by atoms with Gasteiger partial charge < -0.3 is 15.0 Å². The maximum Gasteiger partial charge on any atom is 0.224 e. The second-order valence-electron chi connectivity index (χ2n) is 5.63. The van der Waals surface area contributed by atoms with Gasteiger partial charge in [-0.2, -0.15) is 4.98 Å². The number of hydrogen-bond acceptors (Lipinski definition) is 6. The third kappa shape index (κ3) is 5.28. The number of carbonyl (C=O) groups is 1. The van der Waals surface area contributed by atoms with Crippen molar-refractivity contribution in [1.29, 1.82) is 0 Å². The van der Waals surface area contributed by atoms with Gasteiger partial charge in [0.1, 0.15) is 0 Å². The summed E-state index contributed by atoms with van der Waals surface area (Å²) >= 11 is 7.67. The van der Waals surface area contributed by atoms with Gasteiger partial charge in [-0.1, -0.05) is 27.7 Å². The Morgan fingerprint density at radius 2 is 1.85 bits per heavy atom. The summed E-state index contributed by atoms with van der Waals surface area (Å²) in [6, 6.07) is 1.97. The molecule has 1 aliphatic heterocycles. The van der Waals surface area contributed by atoms with Crippen molar-refractivity contribution in [2.45, 2.75) is 47.1 Å². The number of fused-ring (bicyclic) bond motifs is 1. The molecule has 0 radical (unpaired) electrons. The molecule has 0 bridgehead atoms. The number of nitrogens with one attached hydrogen (secondary N) is 1. The van der Waals surface area contributed by atoms with Gasteiger partial charge in [0.15, 0.2) is 5.82 Å². The average molecular weight is 401 g/mol. The van der Waals surface area contributed by atoms with Crippen molar-refractivity contribution in [3.05, 3.63) is 16.2 Å². The predicted molar refractivity (Wildman–Crippen MR) is 110 cm³/mol. The van der Waals surface area contributed by atoms with Crippen molar-refractivity contribution < 1.29 is 9.53 Å². The lowest BCUT2D eigenvalue weighted by atomic mass is 10.0. The molecule has 3 heterocycles. The Balaban J connectivity index is 0.000000791. The molecule has 1 N–H and O–H groups in total. The van der Waals surface area contributed by atoms with Crippen LogP contribution >= 0.6 is 22.9 Å². The van der Waals surface area contributed by atoms with E-state index in [9.17, 15) is 4.79 Å². The topological polar surface area (TPSA) is 67.4 Å². The summed E-state index contributed by atoms with van der Waals surface area (Å²) in [6.45, 7) is 14.8. The number of thiophene rings is 1. The third-order valence-electron chi connectivity index (χ3n) is 3.67. The molecule has 1 amide bonds. The van der Waals surface area contributed by atoms with E-state index in [0.717, 1.165) is 34.0 Å². The van der Waals surface area contributed by atoms with Crippen LogP contribution in [0.3, 0.4) is 0 Å². The van der Waals surface area contributed by atoms with Gasteiger partial charge in [-0.05, 0) is 31.5 Å². The molecular formula is C18H29ClN4O2S. The van der Waals surface area contributed by atoms with Gasteiger partial charge in [-0.3, -0.25) is 4.79 Å². The Hall–Kier alpha value is -1.44. The number of ether oxygens (including phenoxy) is 1. The number of amides is 1. The normalized spacial score (nSPS) is 14.0. The van der Waals surface area contributed by atoms with Gasteiger partial charge in [0.2, 0.25) is 11.7 Å². The Morgan fingerprint density at radius 1 is 1.23 bits per heavy atom. The van der Waals surface area contributed by atoms with Gasteiger partial charge in [0.25, 0.3) is 0 Å². The Kier molecular flexibility index (Phi) is 9.25. The van der Waals surface area contributed by atoms with Gasteiger partial charge in [-0.15, -0.1) is 11.3 Å². The summed E-state index contributed by atoms with van der Waals surface area (Å²) in [5, 5.41) is 3.06. The number of carbonyl (C=O) groups excluding carboxylic acids is 1. The average Bonchev–Trinajstić information content (AvgIpc) is 3.10. The van der Waals surface area contributed by atoms with Crippen LogP contribution < -0.4 is 10.2 Å². The summed E-state index contributed by atoms with van der Waals surface area (Å²) < 4.78 is 6.38. The summed E-state index contributed by atoms with van der Waals surface area (Å²) in [7, 11) is 0. The van der Waals surface area contributed by atoms with Crippen LogP contribution in [0.15, 0.2) is 6.07 Å². The highest BCUT2D eigenvalue weighted by Crippen LogP contribution is 2.37. The lowest BCUT2D eigenvalue weighted by molar-refractivity contribution is -0.110. The molecule has 3 rings (SSSR count). The summed E-state index contributed by atoms with van der Waals surface area (Å²) in [4.78, 5) is 22.7. The number of aromatic nitrogens is 2.